The van der Waals surface area contributed by atoms with Crippen LogP contribution in [0.4, 0.5) is 5.82 Å². The zero-order chi connectivity index (χ0) is 12.5. The molecule has 0 amide bonds. The fourth-order valence-corrected chi connectivity index (χ4v) is 1.73. The third-order valence-corrected chi connectivity index (χ3v) is 2.74. The zero-order valence-electron chi connectivity index (χ0n) is 10.5. The molecule has 1 aliphatic heterocycles. The van der Waals surface area contributed by atoms with Crippen LogP contribution in [0.5, 0.6) is 0 Å². The summed E-state index contributed by atoms with van der Waals surface area (Å²) in [6.07, 6.45) is 5.91. The van der Waals surface area contributed by atoms with E-state index in [9.17, 15) is 0 Å². The molecule has 0 fully saturated rings. The molecule has 4 N–H and O–H groups in total. The minimum absolute atomic E-state index is 0.466. The Kier molecular flexibility index (Phi) is 2.93. The predicted octanol–water partition coefficient (Wildman–Crippen LogP) is 0.859. The summed E-state index contributed by atoms with van der Waals surface area (Å²) in [7, 11) is 1.93. The van der Waals surface area contributed by atoms with Crippen LogP contribution >= 0.6 is 0 Å². The van der Waals surface area contributed by atoms with E-state index in [4.69, 9.17) is 5.73 Å². The van der Waals surface area contributed by atoms with Crippen LogP contribution < -0.4 is 16.4 Å². The van der Waals surface area contributed by atoms with Gasteiger partial charge in [-0.2, -0.15) is 5.10 Å². The van der Waals surface area contributed by atoms with Crippen LogP contribution in [0.1, 0.15) is 12.6 Å². The van der Waals surface area contributed by atoms with Gasteiger partial charge < -0.3 is 16.4 Å². The molecule has 0 saturated heterocycles. The summed E-state index contributed by atoms with van der Waals surface area (Å²) >= 11 is 0. The van der Waals surface area contributed by atoms with Crippen molar-refractivity contribution < 1.29 is 0 Å². The number of anilines is 1. The number of nitrogens with one attached hydrogen (secondary N) is 2. The van der Waals surface area contributed by atoms with Crippen molar-refractivity contribution in [3.8, 4) is 0 Å². The number of allylic oxidation sites excluding steroid dienone is 2. The van der Waals surface area contributed by atoms with Crippen molar-refractivity contribution in [2.24, 2.45) is 12.8 Å². The first-order valence-corrected chi connectivity index (χ1v) is 5.66. The molecule has 0 aliphatic carbocycles. The average Bonchev–Trinajstić information content (AvgIpc) is 2.54. The van der Waals surface area contributed by atoms with Crippen LogP contribution in [0.2, 0.25) is 0 Å². The molecule has 0 saturated carbocycles. The Bertz CT molecular complexity index is 448. The molecule has 1 aliphatic rings. The number of nitrogens with two attached hydrogens (primary N) is 1. The fraction of sp³-hybridized carbons (Fsp3) is 0.417. The summed E-state index contributed by atoms with van der Waals surface area (Å²) in [6.45, 7) is 4.64. The number of nitrogens with zero attached hydrogens (tertiary/aromatic N) is 2. The van der Waals surface area contributed by atoms with E-state index in [2.05, 4.69) is 15.7 Å². The molecule has 2 heterocycles. The van der Waals surface area contributed by atoms with Gasteiger partial charge in [0.05, 0.1) is 6.54 Å². The normalized spacial score (nSPS) is 23.2. The van der Waals surface area contributed by atoms with E-state index >= 15 is 0 Å². The molecule has 0 spiro atoms. The lowest BCUT2D eigenvalue weighted by Crippen LogP contribution is -2.50. The van der Waals surface area contributed by atoms with Crippen LogP contribution in [0.25, 0.3) is 0 Å². The van der Waals surface area contributed by atoms with Gasteiger partial charge in [-0.25, -0.2) is 0 Å². The van der Waals surface area contributed by atoms with Gasteiger partial charge in [0.25, 0.3) is 0 Å². The highest BCUT2D eigenvalue weighted by molar-refractivity contribution is 5.38. The maximum Gasteiger partial charge on any atom is 0.148 e. The molecular weight excluding hydrogens is 214 g/mol. The summed E-state index contributed by atoms with van der Waals surface area (Å²) in [6, 6.07) is 2.01. The second-order valence-electron chi connectivity index (χ2n) is 4.61. The number of aromatic nitrogens is 2. The SMILES string of the molecule is Cc1cc(NCC2=CC=CC(C)(N)N2)nn1C. The van der Waals surface area contributed by atoms with Crippen LogP contribution in [-0.4, -0.2) is 22.0 Å². The van der Waals surface area contributed by atoms with Gasteiger partial charge in [-0.05, 0) is 26.0 Å². The molecular formula is C12H19N5. The lowest BCUT2D eigenvalue weighted by molar-refractivity contribution is 0.495. The number of dihydropyridines is 1. The second kappa shape index (κ2) is 4.25. The van der Waals surface area contributed by atoms with Gasteiger partial charge in [-0.3, -0.25) is 4.68 Å². The largest absolute Gasteiger partial charge is 0.366 e. The zero-order valence-corrected chi connectivity index (χ0v) is 10.5. The smallest absolute Gasteiger partial charge is 0.148 e. The van der Waals surface area contributed by atoms with Crippen LogP contribution in [-0.2, 0) is 7.05 Å². The topological polar surface area (TPSA) is 67.9 Å². The first kappa shape index (κ1) is 11.7. The third kappa shape index (κ3) is 2.88. The van der Waals surface area contributed by atoms with Gasteiger partial charge in [0.1, 0.15) is 11.5 Å². The molecule has 1 aromatic heterocycles. The lowest BCUT2D eigenvalue weighted by atomic mass is 10.1. The third-order valence-electron chi connectivity index (χ3n) is 2.74. The van der Waals surface area contributed by atoms with Crippen LogP contribution in [0, 0.1) is 6.92 Å². The summed E-state index contributed by atoms with van der Waals surface area (Å²) in [5.74, 6) is 0.876. The summed E-state index contributed by atoms with van der Waals surface area (Å²) in [4.78, 5) is 0. The number of aryl methyl sites for hydroxylation is 2. The van der Waals surface area contributed by atoms with Crippen LogP contribution in [0.3, 0.4) is 0 Å². The predicted molar refractivity (Wildman–Crippen MR) is 69.4 cm³/mol. The Morgan fingerprint density at radius 2 is 2.35 bits per heavy atom. The van der Waals surface area contributed by atoms with Gasteiger partial charge in [-0.1, -0.05) is 6.08 Å². The highest BCUT2D eigenvalue weighted by Crippen LogP contribution is 2.10. The second-order valence-corrected chi connectivity index (χ2v) is 4.61. The summed E-state index contributed by atoms with van der Waals surface area (Å²) < 4.78 is 1.85. The Labute approximate surface area is 101 Å². The van der Waals surface area contributed by atoms with Crippen LogP contribution in [0.15, 0.2) is 30.0 Å². The Hall–Kier alpha value is -1.75. The molecule has 1 aromatic rings. The van der Waals surface area contributed by atoms with E-state index in [1.165, 1.54) is 0 Å². The van der Waals surface area contributed by atoms with Crippen molar-refractivity contribution >= 4 is 5.82 Å². The van der Waals surface area contributed by atoms with Crippen molar-refractivity contribution in [1.82, 2.24) is 15.1 Å². The molecule has 0 aromatic carbocycles. The minimum Gasteiger partial charge on any atom is -0.366 e. The Morgan fingerprint density at radius 3 is 2.94 bits per heavy atom. The lowest BCUT2D eigenvalue weighted by Gasteiger charge is -2.28. The van der Waals surface area contributed by atoms with E-state index in [0.29, 0.717) is 6.54 Å². The van der Waals surface area contributed by atoms with Gasteiger partial charge in [0.2, 0.25) is 0 Å². The van der Waals surface area contributed by atoms with Crippen molar-refractivity contribution in [2.75, 3.05) is 11.9 Å². The molecule has 0 radical (unpaired) electrons. The van der Waals surface area contributed by atoms with Crippen molar-refractivity contribution in [2.45, 2.75) is 19.5 Å². The quantitative estimate of drug-likeness (QED) is 0.724. The maximum absolute atomic E-state index is 5.98. The monoisotopic (exact) mass is 233 g/mol. The van der Waals surface area contributed by atoms with Gasteiger partial charge >= 0.3 is 0 Å². The molecule has 5 heteroatoms. The molecule has 17 heavy (non-hydrogen) atoms. The maximum atomic E-state index is 5.98. The Morgan fingerprint density at radius 1 is 1.59 bits per heavy atom. The molecule has 1 unspecified atom stereocenters. The van der Waals surface area contributed by atoms with Crippen molar-refractivity contribution in [3.63, 3.8) is 0 Å². The molecule has 5 nitrogen and oxygen atoms in total. The van der Waals surface area contributed by atoms with E-state index in [0.717, 1.165) is 17.2 Å². The average molecular weight is 233 g/mol. The first-order chi connectivity index (χ1) is 7.96. The van der Waals surface area contributed by atoms with E-state index < -0.39 is 5.66 Å². The fourth-order valence-electron chi connectivity index (χ4n) is 1.73. The molecule has 1 atom stereocenters. The minimum atomic E-state index is -0.466. The molecule has 0 bridgehead atoms. The van der Waals surface area contributed by atoms with Crippen molar-refractivity contribution in [3.05, 3.63) is 35.7 Å². The van der Waals surface area contributed by atoms with E-state index in [1.54, 1.807) is 0 Å². The number of hydrogen-bond acceptors (Lipinski definition) is 4. The van der Waals surface area contributed by atoms with Gasteiger partial charge in [-0.15, -0.1) is 0 Å². The summed E-state index contributed by atoms with van der Waals surface area (Å²) in [5.41, 5.74) is 7.70. The molecule has 2 rings (SSSR count). The number of rotatable bonds is 3. The summed E-state index contributed by atoms with van der Waals surface area (Å²) in [5, 5.41) is 10.8. The van der Waals surface area contributed by atoms with Crippen molar-refractivity contribution in [1.29, 1.82) is 0 Å². The van der Waals surface area contributed by atoms with Gasteiger partial charge in [0.15, 0.2) is 0 Å². The number of hydrogen-bond donors (Lipinski definition) is 3. The van der Waals surface area contributed by atoms with E-state index in [-0.39, 0.29) is 0 Å². The standard InChI is InChI=1S/C12H19N5/c1-9-7-11(16-17(9)3)14-8-10-5-4-6-12(2,13)15-10/h4-7,15H,8,13H2,1-3H3,(H,14,16). The first-order valence-electron chi connectivity index (χ1n) is 5.66. The van der Waals surface area contributed by atoms with E-state index in [1.807, 2.05) is 49.9 Å². The highest BCUT2D eigenvalue weighted by Gasteiger charge is 2.17. The molecule has 92 valence electrons. The highest BCUT2D eigenvalue weighted by atomic mass is 15.3. The Balaban J connectivity index is 1.95. The van der Waals surface area contributed by atoms with Gasteiger partial charge in [0, 0.05) is 24.5 Å².